The van der Waals surface area contributed by atoms with Gasteiger partial charge >= 0.3 is 0 Å². The molecule has 1 saturated heterocycles. The zero-order chi connectivity index (χ0) is 13.6. The van der Waals surface area contributed by atoms with E-state index in [1.54, 1.807) is 11.0 Å². The second-order valence-corrected chi connectivity index (χ2v) is 4.94. The van der Waals surface area contributed by atoms with Crippen LogP contribution >= 0.6 is 0 Å². The van der Waals surface area contributed by atoms with E-state index in [1.165, 1.54) is 7.05 Å². The molecule has 0 aromatic heterocycles. The summed E-state index contributed by atoms with van der Waals surface area (Å²) in [5.74, 6) is -0.570. The molecule has 0 saturated carbocycles. The van der Waals surface area contributed by atoms with Gasteiger partial charge in [0.2, 0.25) is 5.91 Å². The van der Waals surface area contributed by atoms with E-state index in [0.717, 1.165) is 10.5 Å². The molecule has 1 aromatic rings. The van der Waals surface area contributed by atoms with E-state index < -0.39 is 6.04 Å². The van der Waals surface area contributed by atoms with Gasteiger partial charge in [0.15, 0.2) is 0 Å². The van der Waals surface area contributed by atoms with Crippen molar-refractivity contribution in [1.29, 1.82) is 0 Å². The van der Waals surface area contributed by atoms with Gasteiger partial charge in [0.1, 0.15) is 6.04 Å². The molecule has 5 nitrogen and oxygen atoms in total. The Bertz CT molecular complexity index is 582. The SMILES string of the molecule is CN1C(=O)CCC(N2Cc3ccccc3C2=O)C1=O. The van der Waals surface area contributed by atoms with Gasteiger partial charge < -0.3 is 4.90 Å². The molecule has 98 valence electrons. The molecular formula is C14H14N2O3. The summed E-state index contributed by atoms with van der Waals surface area (Å²) in [7, 11) is 1.48. The van der Waals surface area contributed by atoms with Crippen molar-refractivity contribution < 1.29 is 14.4 Å². The molecule has 3 rings (SSSR count). The van der Waals surface area contributed by atoms with Gasteiger partial charge in [-0.3, -0.25) is 19.3 Å². The van der Waals surface area contributed by atoms with Crippen LogP contribution in [0.3, 0.4) is 0 Å². The van der Waals surface area contributed by atoms with Crippen LogP contribution in [-0.4, -0.2) is 40.6 Å². The fraction of sp³-hybridized carbons (Fsp3) is 0.357. The quantitative estimate of drug-likeness (QED) is 0.700. The van der Waals surface area contributed by atoms with E-state index in [1.807, 2.05) is 18.2 Å². The number of carbonyl (C=O) groups excluding carboxylic acids is 3. The molecule has 5 heteroatoms. The van der Waals surface area contributed by atoms with Gasteiger partial charge in [0.05, 0.1) is 0 Å². The maximum absolute atomic E-state index is 12.3. The highest BCUT2D eigenvalue weighted by molar-refractivity contribution is 6.05. The number of hydrogen-bond acceptors (Lipinski definition) is 3. The molecule has 3 amide bonds. The Morgan fingerprint density at radius 3 is 2.63 bits per heavy atom. The predicted molar refractivity (Wildman–Crippen MR) is 67.1 cm³/mol. The Kier molecular flexibility index (Phi) is 2.62. The third-order valence-electron chi connectivity index (χ3n) is 3.85. The van der Waals surface area contributed by atoms with Gasteiger partial charge in [-0.1, -0.05) is 18.2 Å². The number of likely N-dealkylation sites (N-methyl/N-ethyl adjacent to an activating group) is 1. The highest BCUT2D eigenvalue weighted by Gasteiger charge is 2.41. The average Bonchev–Trinajstić information content (AvgIpc) is 2.74. The Balaban J connectivity index is 1.88. The lowest BCUT2D eigenvalue weighted by Gasteiger charge is -2.33. The van der Waals surface area contributed by atoms with E-state index in [4.69, 9.17) is 0 Å². The minimum atomic E-state index is -0.511. The standard InChI is InChI=1S/C14H14N2O3/c1-15-12(17)7-6-11(14(15)19)16-8-9-4-2-3-5-10(9)13(16)18/h2-5,11H,6-8H2,1H3. The zero-order valence-corrected chi connectivity index (χ0v) is 10.6. The fourth-order valence-corrected chi connectivity index (χ4v) is 2.72. The highest BCUT2D eigenvalue weighted by Crippen LogP contribution is 2.28. The number of fused-ring (bicyclic) bond motifs is 1. The van der Waals surface area contributed by atoms with E-state index in [0.29, 0.717) is 24.9 Å². The smallest absolute Gasteiger partial charge is 0.255 e. The molecule has 19 heavy (non-hydrogen) atoms. The molecule has 0 aliphatic carbocycles. The summed E-state index contributed by atoms with van der Waals surface area (Å²) in [5, 5.41) is 0. The Morgan fingerprint density at radius 1 is 1.16 bits per heavy atom. The van der Waals surface area contributed by atoms with Crippen LogP contribution in [0.4, 0.5) is 0 Å². The Labute approximate surface area is 110 Å². The van der Waals surface area contributed by atoms with Crippen molar-refractivity contribution in [3.05, 3.63) is 35.4 Å². The number of benzene rings is 1. The van der Waals surface area contributed by atoms with Gasteiger partial charge in [-0.25, -0.2) is 0 Å². The molecule has 1 unspecified atom stereocenters. The molecule has 2 aliphatic rings. The van der Waals surface area contributed by atoms with Crippen LogP contribution in [0.15, 0.2) is 24.3 Å². The van der Waals surface area contributed by atoms with Gasteiger partial charge in [0, 0.05) is 25.6 Å². The number of likely N-dealkylation sites (tertiary alicyclic amines) is 1. The van der Waals surface area contributed by atoms with E-state index >= 15 is 0 Å². The lowest BCUT2D eigenvalue weighted by Crippen LogP contribution is -2.53. The molecule has 1 atom stereocenters. The number of hydrogen-bond donors (Lipinski definition) is 0. The predicted octanol–water partition coefficient (Wildman–Crippen LogP) is 0.790. The molecule has 0 spiro atoms. The van der Waals surface area contributed by atoms with Crippen LogP contribution in [0.5, 0.6) is 0 Å². The minimum absolute atomic E-state index is 0.114. The minimum Gasteiger partial charge on any atom is -0.322 e. The molecule has 2 aliphatic heterocycles. The molecule has 1 fully saturated rings. The molecule has 2 heterocycles. The number of imide groups is 1. The van der Waals surface area contributed by atoms with Gasteiger partial charge in [-0.15, -0.1) is 0 Å². The summed E-state index contributed by atoms with van der Waals surface area (Å²) in [4.78, 5) is 38.6. The van der Waals surface area contributed by atoms with E-state index in [9.17, 15) is 14.4 Å². The topological polar surface area (TPSA) is 57.7 Å². The first-order valence-electron chi connectivity index (χ1n) is 6.29. The van der Waals surface area contributed by atoms with Crippen LogP contribution in [0.2, 0.25) is 0 Å². The number of carbonyl (C=O) groups is 3. The largest absolute Gasteiger partial charge is 0.322 e. The fourth-order valence-electron chi connectivity index (χ4n) is 2.72. The number of amides is 3. The van der Waals surface area contributed by atoms with Crippen molar-refractivity contribution in [2.75, 3.05) is 7.05 Å². The lowest BCUT2D eigenvalue weighted by atomic mass is 10.0. The van der Waals surface area contributed by atoms with Crippen molar-refractivity contribution in [2.24, 2.45) is 0 Å². The highest BCUT2D eigenvalue weighted by atomic mass is 16.2. The average molecular weight is 258 g/mol. The second kappa shape index (κ2) is 4.19. The van der Waals surface area contributed by atoms with E-state index in [-0.39, 0.29) is 17.7 Å². The van der Waals surface area contributed by atoms with Crippen LogP contribution < -0.4 is 0 Å². The van der Waals surface area contributed by atoms with Gasteiger partial charge in [-0.2, -0.15) is 0 Å². The lowest BCUT2D eigenvalue weighted by molar-refractivity contribution is -0.150. The maximum atomic E-state index is 12.3. The number of nitrogens with zero attached hydrogens (tertiary/aromatic N) is 2. The van der Waals surface area contributed by atoms with Crippen molar-refractivity contribution >= 4 is 17.7 Å². The Morgan fingerprint density at radius 2 is 1.89 bits per heavy atom. The summed E-state index contributed by atoms with van der Waals surface area (Å²) in [6, 6.07) is 6.87. The summed E-state index contributed by atoms with van der Waals surface area (Å²) in [6.07, 6.45) is 0.731. The van der Waals surface area contributed by atoms with Crippen LogP contribution in [0.1, 0.15) is 28.8 Å². The van der Waals surface area contributed by atoms with Crippen LogP contribution in [0.25, 0.3) is 0 Å². The van der Waals surface area contributed by atoms with Crippen molar-refractivity contribution in [2.45, 2.75) is 25.4 Å². The summed E-state index contributed by atoms with van der Waals surface area (Å²) in [5.41, 5.74) is 1.61. The normalized spacial score (nSPS) is 23.0. The third-order valence-corrected chi connectivity index (χ3v) is 3.85. The monoisotopic (exact) mass is 258 g/mol. The molecule has 0 bridgehead atoms. The summed E-state index contributed by atoms with van der Waals surface area (Å²) in [6.45, 7) is 0.452. The third kappa shape index (κ3) is 1.73. The molecule has 0 radical (unpaired) electrons. The molecule has 1 aromatic carbocycles. The number of rotatable bonds is 1. The van der Waals surface area contributed by atoms with Gasteiger partial charge in [0.25, 0.3) is 11.8 Å². The zero-order valence-electron chi connectivity index (χ0n) is 10.6. The van der Waals surface area contributed by atoms with Crippen molar-refractivity contribution in [1.82, 2.24) is 9.80 Å². The van der Waals surface area contributed by atoms with Crippen molar-refractivity contribution in [3.63, 3.8) is 0 Å². The van der Waals surface area contributed by atoms with E-state index in [2.05, 4.69) is 0 Å². The summed E-state index contributed by atoms with van der Waals surface area (Å²) < 4.78 is 0. The second-order valence-electron chi connectivity index (χ2n) is 4.94. The van der Waals surface area contributed by atoms with Crippen LogP contribution in [0, 0.1) is 0 Å². The summed E-state index contributed by atoms with van der Waals surface area (Å²) >= 11 is 0. The van der Waals surface area contributed by atoms with Crippen molar-refractivity contribution in [3.8, 4) is 0 Å². The van der Waals surface area contributed by atoms with Crippen LogP contribution in [-0.2, 0) is 16.1 Å². The number of piperidine rings is 1. The van der Waals surface area contributed by atoms with Gasteiger partial charge in [-0.05, 0) is 18.1 Å². The maximum Gasteiger partial charge on any atom is 0.255 e. The Hall–Kier alpha value is -2.17. The first-order chi connectivity index (χ1) is 9.09. The first kappa shape index (κ1) is 11.9. The molecule has 0 N–H and O–H groups in total. The first-order valence-corrected chi connectivity index (χ1v) is 6.29. The molecular weight excluding hydrogens is 244 g/mol.